The van der Waals surface area contributed by atoms with Crippen LogP contribution >= 0.6 is 0 Å². The van der Waals surface area contributed by atoms with Crippen LogP contribution in [0.4, 0.5) is 0 Å². The van der Waals surface area contributed by atoms with Gasteiger partial charge in [-0.15, -0.1) is 0 Å². The molecule has 2 rings (SSSR count). The summed E-state index contributed by atoms with van der Waals surface area (Å²) in [6, 6.07) is 14.6. The molecule has 3 heteroatoms. The van der Waals surface area contributed by atoms with Crippen LogP contribution in [0, 0.1) is 0 Å². The first-order valence-corrected chi connectivity index (χ1v) is 6.61. The van der Waals surface area contributed by atoms with E-state index in [1.54, 1.807) is 0 Å². The molecule has 100 valence electrons. The van der Waals surface area contributed by atoms with Gasteiger partial charge in [0.2, 0.25) is 0 Å². The average Bonchev–Trinajstić information content (AvgIpc) is 2.46. The minimum atomic E-state index is 0.0803. The molecule has 0 aromatic heterocycles. The number of benzene rings is 2. The second-order valence-electron chi connectivity index (χ2n) is 4.67. The first kappa shape index (κ1) is 13.6. The van der Waals surface area contributed by atoms with Crippen molar-refractivity contribution in [2.75, 3.05) is 13.7 Å². The van der Waals surface area contributed by atoms with E-state index in [9.17, 15) is 5.11 Å². The molecule has 0 aliphatic heterocycles. The zero-order chi connectivity index (χ0) is 13.7. The van der Waals surface area contributed by atoms with Gasteiger partial charge in [-0.1, -0.05) is 43.3 Å². The molecule has 0 bridgehead atoms. The Morgan fingerprint density at radius 2 is 1.95 bits per heavy atom. The molecule has 0 aliphatic rings. The van der Waals surface area contributed by atoms with Gasteiger partial charge in [0.15, 0.2) is 0 Å². The lowest BCUT2D eigenvalue weighted by Gasteiger charge is -2.21. The van der Waals surface area contributed by atoms with Gasteiger partial charge < -0.3 is 5.11 Å². The van der Waals surface area contributed by atoms with Crippen LogP contribution in [-0.2, 0) is 0 Å². The van der Waals surface area contributed by atoms with Gasteiger partial charge in [0.05, 0.1) is 18.9 Å². The standard InChI is InChI=1S/C16H20N2O/c1-3-16(12-19)18(2)17-11-13-8-9-14-6-4-5-7-15(14)10-13/h4-11,16,19H,3,12H2,1-2H3/b17-11+/t16-/m1/s1. The number of fused-ring (bicyclic) bond motifs is 1. The van der Waals surface area contributed by atoms with Crippen LogP contribution in [0.2, 0.25) is 0 Å². The smallest absolute Gasteiger partial charge is 0.0695 e. The third kappa shape index (κ3) is 3.32. The van der Waals surface area contributed by atoms with Crippen molar-refractivity contribution < 1.29 is 5.11 Å². The summed E-state index contributed by atoms with van der Waals surface area (Å²) in [6.45, 7) is 2.17. The van der Waals surface area contributed by atoms with E-state index in [1.165, 1.54) is 10.8 Å². The fourth-order valence-electron chi connectivity index (χ4n) is 2.05. The number of hydrazone groups is 1. The number of likely N-dealkylation sites (N-methyl/N-ethyl adjacent to an activating group) is 1. The van der Waals surface area contributed by atoms with Crippen LogP contribution in [0.1, 0.15) is 18.9 Å². The molecule has 0 aliphatic carbocycles. The molecule has 0 amide bonds. The topological polar surface area (TPSA) is 35.8 Å². The molecule has 0 heterocycles. The number of hydrogen-bond donors (Lipinski definition) is 1. The van der Waals surface area contributed by atoms with E-state index >= 15 is 0 Å². The van der Waals surface area contributed by atoms with Crippen molar-refractivity contribution >= 4 is 17.0 Å². The molecule has 0 saturated heterocycles. The van der Waals surface area contributed by atoms with Gasteiger partial charge in [-0.05, 0) is 28.8 Å². The summed E-state index contributed by atoms with van der Waals surface area (Å²) in [5.74, 6) is 0. The van der Waals surface area contributed by atoms with E-state index in [-0.39, 0.29) is 12.6 Å². The number of aliphatic hydroxyl groups excluding tert-OH is 1. The van der Waals surface area contributed by atoms with Gasteiger partial charge >= 0.3 is 0 Å². The van der Waals surface area contributed by atoms with Crippen molar-refractivity contribution in [3.8, 4) is 0 Å². The fourth-order valence-corrected chi connectivity index (χ4v) is 2.05. The summed E-state index contributed by atoms with van der Waals surface area (Å²) in [5, 5.41) is 17.9. The van der Waals surface area contributed by atoms with Crippen LogP contribution in [-0.4, -0.2) is 36.0 Å². The number of rotatable bonds is 5. The highest BCUT2D eigenvalue weighted by Crippen LogP contribution is 2.14. The normalized spacial score (nSPS) is 13.0. The maximum absolute atomic E-state index is 9.22. The highest BCUT2D eigenvalue weighted by Gasteiger charge is 2.07. The maximum atomic E-state index is 9.22. The predicted octanol–water partition coefficient (Wildman–Crippen LogP) is 2.88. The lowest BCUT2D eigenvalue weighted by Crippen LogP contribution is -2.29. The Morgan fingerprint density at radius 1 is 1.21 bits per heavy atom. The molecular weight excluding hydrogens is 236 g/mol. The third-order valence-corrected chi connectivity index (χ3v) is 3.37. The molecule has 0 saturated carbocycles. The number of hydrogen-bond acceptors (Lipinski definition) is 3. The predicted molar refractivity (Wildman–Crippen MR) is 80.5 cm³/mol. The monoisotopic (exact) mass is 256 g/mol. The maximum Gasteiger partial charge on any atom is 0.0695 e. The highest BCUT2D eigenvalue weighted by atomic mass is 16.3. The van der Waals surface area contributed by atoms with E-state index in [4.69, 9.17) is 0 Å². The SMILES string of the molecule is CC[C@H](CO)N(C)/N=C/c1ccc2ccccc2c1. The Morgan fingerprint density at radius 3 is 2.63 bits per heavy atom. The van der Waals surface area contributed by atoms with Crippen LogP contribution < -0.4 is 0 Å². The summed E-state index contributed by atoms with van der Waals surface area (Å²) in [7, 11) is 1.89. The molecule has 19 heavy (non-hydrogen) atoms. The molecule has 2 aromatic rings. The molecule has 2 aromatic carbocycles. The minimum Gasteiger partial charge on any atom is -0.394 e. The quantitative estimate of drug-likeness (QED) is 0.659. The fraction of sp³-hybridized carbons (Fsp3) is 0.312. The van der Waals surface area contributed by atoms with E-state index in [0.717, 1.165) is 12.0 Å². The lowest BCUT2D eigenvalue weighted by atomic mass is 10.1. The van der Waals surface area contributed by atoms with Crippen molar-refractivity contribution in [3.05, 3.63) is 48.0 Å². The van der Waals surface area contributed by atoms with Gasteiger partial charge in [0.25, 0.3) is 0 Å². The summed E-state index contributed by atoms with van der Waals surface area (Å²) in [4.78, 5) is 0. The molecule has 0 spiro atoms. The molecule has 3 nitrogen and oxygen atoms in total. The van der Waals surface area contributed by atoms with E-state index in [2.05, 4.69) is 35.4 Å². The Labute approximate surface area is 114 Å². The van der Waals surface area contributed by atoms with E-state index < -0.39 is 0 Å². The molecule has 1 N–H and O–H groups in total. The average molecular weight is 256 g/mol. The molecular formula is C16H20N2O. The second kappa shape index (κ2) is 6.34. The van der Waals surface area contributed by atoms with Crippen molar-refractivity contribution in [2.45, 2.75) is 19.4 Å². The Bertz CT molecular complexity index is 561. The second-order valence-corrected chi connectivity index (χ2v) is 4.67. The third-order valence-electron chi connectivity index (χ3n) is 3.37. The number of aliphatic hydroxyl groups is 1. The van der Waals surface area contributed by atoms with Gasteiger partial charge in [0.1, 0.15) is 0 Å². The molecule has 0 radical (unpaired) electrons. The molecule has 1 atom stereocenters. The lowest BCUT2D eigenvalue weighted by molar-refractivity contribution is 0.148. The number of nitrogens with zero attached hydrogens (tertiary/aromatic N) is 2. The summed E-state index contributed by atoms with van der Waals surface area (Å²) in [6.07, 6.45) is 2.72. The van der Waals surface area contributed by atoms with Gasteiger partial charge in [-0.2, -0.15) is 5.10 Å². The van der Waals surface area contributed by atoms with Gasteiger partial charge in [-0.3, -0.25) is 5.01 Å². The summed E-state index contributed by atoms with van der Waals surface area (Å²) >= 11 is 0. The largest absolute Gasteiger partial charge is 0.394 e. The van der Waals surface area contributed by atoms with Crippen molar-refractivity contribution in [3.63, 3.8) is 0 Å². The van der Waals surface area contributed by atoms with E-state index in [0.29, 0.717) is 0 Å². The van der Waals surface area contributed by atoms with Crippen LogP contribution in [0.3, 0.4) is 0 Å². The van der Waals surface area contributed by atoms with Gasteiger partial charge in [-0.25, -0.2) is 0 Å². The summed E-state index contributed by atoms with van der Waals surface area (Å²) < 4.78 is 0. The summed E-state index contributed by atoms with van der Waals surface area (Å²) in [5.41, 5.74) is 1.07. The first-order chi connectivity index (χ1) is 9.24. The van der Waals surface area contributed by atoms with E-state index in [1.807, 2.05) is 37.3 Å². The van der Waals surface area contributed by atoms with Crippen molar-refractivity contribution in [2.24, 2.45) is 5.10 Å². The zero-order valence-corrected chi connectivity index (χ0v) is 11.5. The minimum absolute atomic E-state index is 0.0803. The van der Waals surface area contributed by atoms with Crippen molar-refractivity contribution in [1.29, 1.82) is 0 Å². The van der Waals surface area contributed by atoms with Crippen LogP contribution in [0.5, 0.6) is 0 Å². The molecule has 0 unspecified atom stereocenters. The first-order valence-electron chi connectivity index (χ1n) is 6.61. The highest BCUT2D eigenvalue weighted by molar-refractivity contribution is 5.90. The zero-order valence-electron chi connectivity index (χ0n) is 11.5. The Balaban J connectivity index is 2.16. The van der Waals surface area contributed by atoms with Crippen molar-refractivity contribution in [1.82, 2.24) is 5.01 Å². The Kier molecular flexibility index (Phi) is 4.53. The Hall–Kier alpha value is -1.87. The van der Waals surface area contributed by atoms with Crippen LogP contribution in [0.25, 0.3) is 10.8 Å². The van der Waals surface area contributed by atoms with Gasteiger partial charge in [0, 0.05) is 7.05 Å². The molecule has 0 fully saturated rings. The van der Waals surface area contributed by atoms with Crippen LogP contribution in [0.15, 0.2) is 47.6 Å².